The van der Waals surface area contributed by atoms with Crippen molar-refractivity contribution in [1.29, 1.82) is 0 Å². The molecule has 1 atom stereocenters. The molecule has 0 spiro atoms. The highest BCUT2D eigenvalue weighted by molar-refractivity contribution is 7.48. The molecule has 1 aliphatic heterocycles. The molecular formula is C38H39O4P. The SMILES string of the molecule is C=CCc1cc2ccccc2c2c1OP(=O)(O)Oc1c(-c3c(C(C)C)cc(C(C)C)cc3C(C)C)cc3ccccc3c1-2. The first-order chi connectivity index (χ1) is 20.5. The average molecular weight is 591 g/mol. The van der Waals surface area contributed by atoms with E-state index in [-0.39, 0.29) is 11.8 Å². The minimum atomic E-state index is -4.59. The Hall–Kier alpha value is -3.85. The van der Waals surface area contributed by atoms with E-state index >= 15 is 0 Å². The number of rotatable bonds is 6. The van der Waals surface area contributed by atoms with Crippen molar-refractivity contribution in [2.24, 2.45) is 0 Å². The number of phosphoric acid groups is 1. The molecule has 1 unspecified atom stereocenters. The van der Waals surface area contributed by atoms with Crippen LogP contribution in [0.5, 0.6) is 11.5 Å². The van der Waals surface area contributed by atoms with Crippen molar-refractivity contribution < 1.29 is 18.5 Å². The first kappa shape index (κ1) is 29.2. The van der Waals surface area contributed by atoms with Crippen LogP contribution >= 0.6 is 7.82 Å². The van der Waals surface area contributed by atoms with Crippen LogP contribution in [0.15, 0.2) is 85.5 Å². The van der Waals surface area contributed by atoms with Crippen LogP contribution in [0.1, 0.15) is 81.5 Å². The lowest BCUT2D eigenvalue weighted by Gasteiger charge is -2.26. The van der Waals surface area contributed by atoms with Crippen LogP contribution in [0.4, 0.5) is 0 Å². The highest BCUT2D eigenvalue weighted by Crippen LogP contribution is 2.61. The molecule has 0 fully saturated rings. The van der Waals surface area contributed by atoms with Crippen molar-refractivity contribution in [2.75, 3.05) is 0 Å². The summed E-state index contributed by atoms with van der Waals surface area (Å²) in [5.74, 6) is 1.54. The third-order valence-electron chi connectivity index (χ3n) is 8.51. The van der Waals surface area contributed by atoms with Crippen LogP contribution in [0.2, 0.25) is 0 Å². The topological polar surface area (TPSA) is 55.8 Å². The standard InChI is InChI=1S/C38H39O4P/c1-8-13-27-18-25-14-9-11-16-29(25)35-36-30-17-12-10-15-26(30)19-33(38(36)42-43(39,40)41-37(27)35)34-31(23(4)5)20-28(22(2)3)21-32(34)24(6)7/h8-12,14-24H,1,13H2,2-7H3,(H,39,40). The second kappa shape index (κ2) is 11.0. The van der Waals surface area contributed by atoms with Gasteiger partial charge in [-0.05, 0) is 85.7 Å². The summed E-state index contributed by atoms with van der Waals surface area (Å²) in [4.78, 5) is 11.3. The zero-order valence-corrected chi connectivity index (χ0v) is 26.7. The van der Waals surface area contributed by atoms with Crippen molar-refractivity contribution in [2.45, 2.75) is 65.7 Å². The van der Waals surface area contributed by atoms with Crippen molar-refractivity contribution in [3.05, 3.63) is 108 Å². The van der Waals surface area contributed by atoms with E-state index in [4.69, 9.17) is 9.05 Å². The first-order valence-electron chi connectivity index (χ1n) is 15.1. The Morgan fingerprint density at radius 2 is 1.23 bits per heavy atom. The van der Waals surface area contributed by atoms with Crippen LogP contribution in [-0.4, -0.2) is 4.89 Å². The fraction of sp³-hybridized carbons (Fsp3) is 0.263. The molecule has 0 amide bonds. The monoisotopic (exact) mass is 590 g/mol. The molecule has 0 saturated heterocycles. The van der Waals surface area contributed by atoms with Gasteiger partial charge in [0.05, 0.1) is 0 Å². The molecule has 0 aromatic heterocycles. The van der Waals surface area contributed by atoms with Crippen LogP contribution < -0.4 is 9.05 Å². The Kier molecular flexibility index (Phi) is 7.49. The smallest absolute Gasteiger partial charge is 0.394 e. The Morgan fingerprint density at radius 1 is 0.721 bits per heavy atom. The van der Waals surface area contributed by atoms with Gasteiger partial charge >= 0.3 is 7.82 Å². The fourth-order valence-electron chi connectivity index (χ4n) is 6.42. The quantitative estimate of drug-likeness (QED) is 0.158. The normalized spacial score (nSPS) is 16.2. The number of fused-ring (bicyclic) bond motifs is 7. The molecule has 5 heteroatoms. The molecule has 1 heterocycles. The number of benzene rings is 5. The van der Waals surface area contributed by atoms with Gasteiger partial charge in [0.25, 0.3) is 0 Å². The molecule has 1 aliphatic rings. The van der Waals surface area contributed by atoms with Crippen LogP contribution in [0, 0.1) is 0 Å². The van der Waals surface area contributed by atoms with E-state index in [1.165, 1.54) is 16.7 Å². The molecule has 0 radical (unpaired) electrons. The Bertz CT molecular complexity index is 1920. The van der Waals surface area contributed by atoms with Crippen LogP contribution in [0.3, 0.4) is 0 Å². The zero-order chi connectivity index (χ0) is 30.6. The summed E-state index contributed by atoms with van der Waals surface area (Å²) in [6.45, 7) is 17.2. The zero-order valence-electron chi connectivity index (χ0n) is 25.8. The van der Waals surface area contributed by atoms with E-state index in [2.05, 4.69) is 84.5 Å². The summed E-state index contributed by atoms with van der Waals surface area (Å²) >= 11 is 0. The maximum Gasteiger partial charge on any atom is 0.584 e. The van der Waals surface area contributed by atoms with E-state index in [0.29, 0.717) is 23.8 Å². The van der Waals surface area contributed by atoms with Crippen molar-refractivity contribution in [3.8, 4) is 33.8 Å². The largest absolute Gasteiger partial charge is 0.584 e. The van der Waals surface area contributed by atoms with Gasteiger partial charge in [-0.25, -0.2) is 4.57 Å². The van der Waals surface area contributed by atoms with Crippen molar-refractivity contribution >= 4 is 29.4 Å². The lowest BCUT2D eigenvalue weighted by atomic mass is 9.79. The highest BCUT2D eigenvalue weighted by atomic mass is 31.2. The van der Waals surface area contributed by atoms with Gasteiger partial charge in [0, 0.05) is 16.7 Å². The predicted octanol–water partition coefficient (Wildman–Crippen LogP) is 11.3. The maximum atomic E-state index is 13.9. The molecular weight excluding hydrogens is 551 g/mol. The molecule has 4 nitrogen and oxygen atoms in total. The number of allylic oxidation sites excluding steroid dienone is 1. The highest BCUT2D eigenvalue weighted by Gasteiger charge is 2.38. The van der Waals surface area contributed by atoms with Crippen LogP contribution in [-0.2, 0) is 11.0 Å². The van der Waals surface area contributed by atoms with Gasteiger partial charge in [0.1, 0.15) is 11.5 Å². The van der Waals surface area contributed by atoms with Gasteiger partial charge in [-0.1, -0.05) is 108 Å². The number of hydrogen-bond donors (Lipinski definition) is 1. The molecule has 0 saturated carbocycles. The summed E-state index contributed by atoms with van der Waals surface area (Å²) in [5, 5.41) is 3.91. The lowest BCUT2D eigenvalue weighted by molar-refractivity contribution is 0.294. The molecule has 5 aromatic carbocycles. The Balaban J connectivity index is 1.87. The summed E-state index contributed by atoms with van der Waals surface area (Å²) in [7, 11) is -4.59. The molecule has 220 valence electrons. The molecule has 43 heavy (non-hydrogen) atoms. The summed E-state index contributed by atoms with van der Waals surface area (Å²) in [6.07, 6.45) is 2.27. The second-order valence-electron chi connectivity index (χ2n) is 12.5. The minimum Gasteiger partial charge on any atom is -0.394 e. The molecule has 6 rings (SSSR count). The Labute approximate surface area is 254 Å². The van der Waals surface area contributed by atoms with E-state index in [1.54, 1.807) is 6.08 Å². The third-order valence-corrected chi connectivity index (χ3v) is 9.34. The lowest BCUT2D eigenvalue weighted by Crippen LogP contribution is -2.05. The Morgan fingerprint density at radius 3 is 1.77 bits per heavy atom. The van der Waals surface area contributed by atoms with Gasteiger partial charge in [0.15, 0.2) is 0 Å². The van der Waals surface area contributed by atoms with E-state index < -0.39 is 7.82 Å². The van der Waals surface area contributed by atoms with Gasteiger partial charge in [-0.3, -0.25) is 4.89 Å². The van der Waals surface area contributed by atoms with Gasteiger partial charge in [0.2, 0.25) is 0 Å². The van der Waals surface area contributed by atoms with Crippen molar-refractivity contribution in [3.63, 3.8) is 0 Å². The average Bonchev–Trinajstić information content (AvgIpc) is 3.09. The fourth-order valence-corrected chi connectivity index (χ4v) is 7.32. The molecule has 1 N–H and O–H groups in total. The van der Waals surface area contributed by atoms with Gasteiger partial charge in [-0.2, -0.15) is 0 Å². The van der Waals surface area contributed by atoms with Crippen molar-refractivity contribution in [1.82, 2.24) is 0 Å². The van der Waals surface area contributed by atoms with E-state index in [1.807, 2.05) is 36.4 Å². The maximum absolute atomic E-state index is 13.9. The van der Waals surface area contributed by atoms with Gasteiger partial charge < -0.3 is 9.05 Å². The third kappa shape index (κ3) is 5.07. The molecule has 0 bridgehead atoms. The molecule has 0 aliphatic carbocycles. The first-order valence-corrected chi connectivity index (χ1v) is 16.6. The summed E-state index contributed by atoms with van der Waals surface area (Å²) < 4.78 is 26.1. The van der Waals surface area contributed by atoms with E-state index in [0.717, 1.165) is 49.4 Å². The van der Waals surface area contributed by atoms with Crippen LogP contribution in [0.25, 0.3) is 43.8 Å². The minimum absolute atomic E-state index is 0.212. The second-order valence-corrected chi connectivity index (χ2v) is 13.8. The summed E-state index contributed by atoms with van der Waals surface area (Å²) in [6, 6.07) is 25.0. The molecule has 5 aromatic rings. The number of phosphoric ester groups is 1. The predicted molar refractivity (Wildman–Crippen MR) is 180 cm³/mol. The van der Waals surface area contributed by atoms with Gasteiger partial charge in [-0.15, -0.1) is 6.58 Å². The van der Waals surface area contributed by atoms with E-state index in [9.17, 15) is 9.46 Å². The number of hydrogen-bond acceptors (Lipinski definition) is 3. The summed E-state index contributed by atoms with van der Waals surface area (Å²) in [5.41, 5.74) is 7.87.